The normalized spacial score (nSPS) is 18.6. The molecule has 1 N–H and O–H groups in total. The van der Waals surface area contributed by atoms with Crippen molar-refractivity contribution in [3.05, 3.63) is 57.9 Å². The van der Waals surface area contributed by atoms with Crippen molar-refractivity contribution in [2.24, 2.45) is 0 Å². The van der Waals surface area contributed by atoms with E-state index in [2.05, 4.69) is 5.32 Å². The molecule has 0 aliphatic carbocycles. The second kappa shape index (κ2) is 9.74. The smallest absolute Gasteiger partial charge is 0.373 e. The summed E-state index contributed by atoms with van der Waals surface area (Å²) in [5.41, 5.74) is 0.246. The van der Waals surface area contributed by atoms with Gasteiger partial charge in [0.2, 0.25) is 0 Å². The van der Waals surface area contributed by atoms with Gasteiger partial charge >= 0.3 is 6.18 Å². The summed E-state index contributed by atoms with van der Waals surface area (Å²) in [6.07, 6.45) is -2.37. The molecule has 2 aliphatic rings. The lowest BCUT2D eigenvalue weighted by Crippen LogP contribution is -2.35. The van der Waals surface area contributed by atoms with Gasteiger partial charge < -0.3 is 19.5 Å². The Morgan fingerprint density at radius 2 is 2.06 bits per heavy atom. The number of nitrogens with one attached hydrogen (secondary N) is 1. The zero-order valence-electron chi connectivity index (χ0n) is 19.6. The van der Waals surface area contributed by atoms with Crippen molar-refractivity contribution < 1.29 is 27.5 Å². The number of halogens is 3. The van der Waals surface area contributed by atoms with E-state index in [4.69, 9.17) is 4.74 Å². The van der Waals surface area contributed by atoms with Crippen molar-refractivity contribution >= 4 is 11.8 Å². The van der Waals surface area contributed by atoms with Crippen LogP contribution in [0.15, 0.2) is 24.3 Å². The number of carbonyl (C=O) groups is 2. The summed E-state index contributed by atoms with van der Waals surface area (Å²) in [4.78, 5) is 28.4. The van der Waals surface area contributed by atoms with Gasteiger partial charge in [0.25, 0.3) is 11.8 Å². The van der Waals surface area contributed by atoms with Gasteiger partial charge in [-0.3, -0.25) is 9.59 Å². The Kier molecular flexibility index (Phi) is 6.90. The van der Waals surface area contributed by atoms with Gasteiger partial charge in [-0.2, -0.15) is 18.4 Å². The number of aromatic nitrogens is 1. The highest BCUT2D eigenvalue weighted by Crippen LogP contribution is 2.34. The van der Waals surface area contributed by atoms with E-state index >= 15 is 0 Å². The average molecular weight is 489 g/mol. The first-order valence-electron chi connectivity index (χ1n) is 11.7. The van der Waals surface area contributed by atoms with Gasteiger partial charge in [0.15, 0.2) is 0 Å². The number of nitriles is 1. The van der Waals surface area contributed by atoms with Crippen LogP contribution in [0.4, 0.5) is 13.2 Å². The maximum absolute atomic E-state index is 13.3. The Labute approximate surface area is 201 Å². The van der Waals surface area contributed by atoms with E-state index in [1.165, 1.54) is 12.1 Å². The van der Waals surface area contributed by atoms with Gasteiger partial charge in [0.1, 0.15) is 5.69 Å². The van der Waals surface area contributed by atoms with Crippen LogP contribution in [0.25, 0.3) is 0 Å². The molecule has 0 unspecified atom stereocenters. The molecule has 1 fully saturated rings. The molecule has 0 spiro atoms. The minimum Gasteiger partial charge on any atom is -0.373 e. The van der Waals surface area contributed by atoms with E-state index in [9.17, 15) is 28.0 Å². The van der Waals surface area contributed by atoms with Crippen molar-refractivity contribution in [1.29, 1.82) is 5.26 Å². The van der Waals surface area contributed by atoms with Gasteiger partial charge in [-0.15, -0.1) is 0 Å². The van der Waals surface area contributed by atoms with Gasteiger partial charge in [-0.1, -0.05) is 13.0 Å². The van der Waals surface area contributed by atoms with Crippen molar-refractivity contribution in [3.63, 3.8) is 0 Å². The van der Waals surface area contributed by atoms with E-state index in [1.54, 1.807) is 19.1 Å². The SMILES string of the molecule is CC[C@@H](NC(=O)c1cc(C(=O)N2CCC[C@@H]2C)n2c1COCC2)c1ccc(C(F)(F)F)c(C#N)c1. The Morgan fingerprint density at radius 3 is 2.69 bits per heavy atom. The highest BCUT2D eigenvalue weighted by molar-refractivity contribution is 6.01. The van der Waals surface area contributed by atoms with E-state index < -0.39 is 29.3 Å². The molecule has 4 rings (SSSR count). The number of hydrogen-bond acceptors (Lipinski definition) is 4. The van der Waals surface area contributed by atoms with Crippen molar-refractivity contribution in [2.75, 3.05) is 13.2 Å². The summed E-state index contributed by atoms with van der Waals surface area (Å²) in [7, 11) is 0. The molecule has 10 heteroatoms. The van der Waals surface area contributed by atoms with Crippen LogP contribution in [0.1, 0.15) is 82.4 Å². The molecular weight excluding hydrogens is 461 g/mol. The highest BCUT2D eigenvalue weighted by atomic mass is 19.4. The fraction of sp³-hybridized carbons (Fsp3) is 0.480. The molecule has 35 heavy (non-hydrogen) atoms. The van der Waals surface area contributed by atoms with Crippen LogP contribution in [-0.2, 0) is 24.1 Å². The van der Waals surface area contributed by atoms with Crippen LogP contribution in [0.2, 0.25) is 0 Å². The van der Waals surface area contributed by atoms with Crippen LogP contribution in [0, 0.1) is 11.3 Å². The summed E-state index contributed by atoms with van der Waals surface area (Å²) in [6.45, 7) is 5.53. The van der Waals surface area contributed by atoms with Gasteiger partial charge in [0, 0.05) is 19.1 Å². The maximum atomic E-state index is 13.3. The van der Waals surface area contributed by atoms with Gasteiger partial charge in [-0.25, -0.2) is 0 Å². The molecule has 0 saturated carbocycles. The summed E-state index contributed by atoms with van der Waals surface area (Å²) < 4.78 is 46.9. The topological polar surface area (TPSA) is 87.4 Å². The molecule has 2 aliphatic heterocycles. The molecule has 7 nitrogen and oxygen atoms in total. The number of amides is 2. The molecule has 1 saturated heterocycles. The third kappa shape index (κ3) is 4.78. The van der Waals surface area contributed by atoms with Crippen molar-refractivity contribution in [1.82, 2.24) is 14.8 Å². The molecule has 2 aromatic rings. The Morgan fingerprint density at radius 1 is 1.29 bits per heavy atom. The fourth-order valence-corrected chi connectivity index (χ4v) is 4.86. The Bertz CT molecular complexity index is 1180. The predicted molar refractivity (Wildman–Crippen MR) is 120 cm³/mol. The van der Waals surface area contributed by atoms with Crippen molar-refractivity contribution in [3.8, 4) is 6.07 Å². The molecule has 0 radical (unpaired) electrons. The van der Waals surface area contributed by atoms with Crippen molar-refractivity contribution in [2.45, 2.75) is 64.5 Å². The predicted octanol–water partition coefficient (Wildman–Crippen LogP) is 4.41. The number of ether oxygens (including phenoxy) is 1. The lowest BCUT2D eigenvalue weighted by Gasteiger charge is -2.24. The number of rotatable bonds is 5. The lowest BCUT2D eigenvalue weighted by molar-refractivity contribution is -0.137. The van der Waals surface area contributed by atoms with E-state index in [0.29, 0.717) is 48.6 Å². The van der Waals surface area contributed by atoms with E-state index in [-0.39, 0.29) is 18.6 Å². The molecular formula is C25H27F3N4O3. The van der Waals surface area contributed by atoms with Crippen LogP contribution in [0.5, 0.6) is 0 Å². The van der Waals surface area contributed by atoms with Crippen LogP contribution in [0.3, 0.4) is 0 Å². The Balaban J connectivity index is 1.62. The second-order valence-electron chi connectivity index (χ2n) is 8.93. The van der Waals surface area contributed by atoms with E-state index in [1.807, 2.05) is 16.4 Å². The number of likely N-dealkylation sites (tertiary alicyclic amines) is 1. The number of fused-ring (bicyclic) bond motifs is 1. The fourth-order valence-electron chi connectivity index (χ4n) is 4.86. The third-order valence-corrected chi connectivity index (χ3v) is 6.77. The first-order chi connectivity index (χ1) is 16.7. The minimum atomic E-state index is -4.64. The molecule has 186 valence electrons. The molecule has 2 atom stereocenters. The van der Waals surface area contributed by atoms with E-state index in [0.717, 1.165) is 18.9 Å². The van der Waals surface area contributed by atoms with Crippen LogP contribution >= 0.6 is 0 Å². The highest BCUT2D eigenvalue weighted by Gasteiger charge is 2.35. The summed E-state index contributed by atoms with van der Waals surface area (Å²) in [5, 5.41) is 12.1. The minimum absolute atomic E-state index is 0.120. The molecule has 2 amide bonds. The number of nitrogens with zero attached hydrogens (tertiary/aromatic N) is 3. The van der Waals surface area contributed by atoms with Gasteiger partial charge in [0.05, 0.1) is 47.7 Å². The average Bonchev–Trinajstić information content (AvgIpc) is 3.44. The monoisotopic (exact) mass is 488 g/mol. The number of carbonyl (C=O) groups excluding carboxylic acids is 2. The molecule has 0 bridgehead atoms. The molecule has 1 aromatic carbocycles. The third-order valence-electron chi connectivity index (χ3n) is 6.77. The van der Waals surface area contributed by atoms with Crippen LogP contribution < -0.4 is 5.32 Å². The quantitative estimate of drug-likeness (QED) is 0.675. The zero-order valence-corrected chi connectivity index (χ0v) is 19.6. The lowest BCUT2D eigenvalue weighted by atomic mass is 9.98. The molecule has 1 aromatic heterocycles. The Hall–Kier alpha value is -3.32. The first-order valence-corrected chi connectivity index (χ1v) is 11.7. The van der Waals surface area contributed by atoms with Crippen LogP contribution in [-0.4, -0.2) is 40.5 Å². The standard InChI is InChI=1S/C25H27F3N4O3/c1-3-20(16-6-7-19(25(26,27)28)17(11-16)13-29)30-23(33)18-12-21(32-9-10-35-14-22(18)32)24(34)31-8-4-5-15(31)2/h6-7,11-12,15,20H,3-5,8-10,14H2,1-2H3,(H,30,33)/t15-,20+/m0/s1. The first kappa shape index (κ1) is 24.8. The largest absolute Gasteiger partial charge is 0.417 e. The number of alkyl halides is 3. The summed E-state index contributed by atoms with van der Waals surface area (Å²) >= 11 is 0. The second-order valence-corrected chi connectivity index (χ2v) is 8.93. The zero-order chi connectivity index (χ0) is 25.3. The maximum Gasteiger partial charge on any atom is 0.417 e. The number of hydrogen-bond donors (Lipinski definition) is 1. The van der Waals surface area contributed by atoms with Gasteiger partial charge in [-0.05, 0) is 49.9 Å². The summed E-state index contributed by atoms with van der Waals surface area (Å²) in [5.74, 6) is -0.566. The number of benzene rings is 1. The summed E-state index contributed by atoms with van der Waals surface area (Å²) in [6, 6.07) is 6.01. The molecule has 3 heterocycles.